The van der Waals surface area contributed by atoms with Gasteiger partial charge in [-0.1, -0.05) is 43.0 Å². The summed E-state index contributed by atoms with van der Waals surface area (Å²) in [5, 5.41) is 4.05. The van der Waals surface area contributed by atoms with Crippen LogP contribution in [-0.2, 0) is 6.61 Å². The first-order valence-corrected chi connectivity index (χ1v) is 11.5. The number of carbonyl (C=O) groups excluding carboxylic acids is 1. The number of amides is 1. The Balaban J connectivity index is 1.64. The van der Waals surface area contributed by atoms with Crippen molar-refractivity contribution in [3.8, 4) is 17.2 Å². The second-order valence-corrected chi connectivity index (χ2v) is 8.46. The summed E-state index contributed by atoms with van der Waals surface area (Å²) in [6.07, 6.45) is 3.21. The summed E-state index contributed by atoms with van der Waals surface area (Å²) in [4.78, 5) is 12.5. The van der Waals surface area contributed by atoms with Crippen molar-refractivity contribution in [2.75, 3.05) is 13.7 Å². The summed E-state index contributed by atoms with van der Waals surface area (Å²) >= 11 is 6.94. The molecule has 0 saturated carbocycles. The van der Waals surface area contributed by atoms with E-state index in [2.05, 4.69) is 49.0 Å². The Morgan fingerprint density at radius 2 is 1.76 bits per heavy atom. The van der Waals surface area contributed by atoms with E-state index in [0.29, 0.717) is 36.0 Å². The second-order valence-electron chi connectivity index (χ2n) is 6.75. The monoisotopic (exact) mass is 572 g/mol. The largest absolute Gasteiger partial charge is 0.493 e. The Labute approximate surface area is 209 Å². The van der Waals surface area contributed by atoms with E-state index in [0.717, 1.165) is 20.1 Å². The molecule has 0 aliphatic heterocycles. The lowest BCUT2D eigenvalue weighted by molar-refractivity contribution is 0.0954. The van der Waals surface area contributed by atoms with Gasteiger partial charge < -0.3 is 14.2 Å². The van der Waals surface area contributed by atoms with E-state index < -0.39 is 0 Å². The molecule has 0 unspecified atom stereocenters. The number of ether oxygens (including phenoxy) is 3. The smallest absolute Gasteiger partial charge is 0.271 e. The van der Waals surface area contributed by atoms with Crippen LogP contribution in [0.15, 0.2) is 87.4 Å². The molecule has 3 aromatic rings. The van der Waals surface area contributed by atoms with Gasteiger partial charge in [0, 0.05) is 5.56 Å². The van der Waals surface area contributed by atoms with E-state index in [9.17, 15) is 4.79 Å². The topological polar surface area (TPSA) is 69.2 Å². The highest BCUT2D eigenvalue weighted by atomic mass is 79.9. The minimum Gasteiger partial charge on any atom is -0.493 e. The van der Waals surface area contributed by atoms with Crippen LogP contribution in [0.1, 0.15) is 21.5 Å². The molecule has 0 radical (unpaired) electrons. The Morgan fingerprint density at radius 1 is 1.03 bits per heavy atom. The van der Waals surface area contributed by atoms with Gasteiger partial charge in [-0.15, -0.1) is 0 Å². The molecule has 0 fully saturated rings. The number of rotatable bonds is 10. The predicted octanol–water partition coefficient (Wildman–Crippen LogP) is 6.13. The van der Waals surface area contributed by atoms with Crippen molar-refractivity contribution in [2.45, 2.75) is 6.61 Å². The summed E-state index contributed by atoms with van der Waals surface area (Å²) in [7, 11) is 1.53. The summed E-state index contributed by atoms with van der Waals surface area (Å²) < 4.78 is 18.3. The van der Waals surface area contributed by atoms with E-state index >= 15 is 0 Å². The zero-order valence-electron chi connectivity index (χ0n) is 17.9. The minimum atomic E-state index is -0.372. The van der Waals surface area contributed by atoms with Crippen molar-refractivity contribution in [1.29, 1.82) is 0 Å². The van der Waals surface area contributed by atoms with Crippen LogP contribution in [0.25, 0.3) is 0 Å². The van der Waals surface area contributed by atoms with Gasteiger partial charge >= 0.3 is 0 Å². The van der Waals surface area contributed by atoms with Crippen molar-refractivity contribution in [3.05, 3.63) is 99.0 Å². The van der Waals surface area contributed by atoms with E-state index in [1.807, 2.05) is 42.5 Å². The number of hydrazone groups is 1. The van der Waals surface area contributed by atoms with Crippen LogP contribution < -0.4 is 19.6 Å². The highest BCUT2D eigenvalue weighted by molar-refractivity contribution is 9.11. The number of nitrogens with zero attached hydrogens (tertiary/aromatic N) is 1. The quantitative estimate of drug-likeness (QED) is 0.180. The lowest BCUT2D eigenvalue weighted by Crippen LogP contribution is -2.17. The first-order valence-electron chi connectivity index (χ1n) is 9.92. The lowest BCUT2D eigenvalue weighted by atomic mass is 10.2. The zero-order chi connectivity index (χ0) is 23.6. The van der Waals surface area contributed by atoms with Crippen LogP contribution in [0.4, 0.5) is 0 Å². The Kier molecular flexibility index (Phi) is 9.09. The predicted molar refractivity (Wildman–Crippen MR) is 136 cm³/mol. The van der Waals surface area contributed by atoms with Crippen molar-refractivity contribution in [2.24, 2.45) is 5.10 Å². The van der Waals surface area contributed by atoms with Gasteiger partial charge in [-0.3, -0.25) is 4.79 Å². The van der Waals surface area contributed by atoms with Gasteiger partial charge in [0.15, 0.2) is 11.5 Å². The molecular formula is C25H22Br2N2O4. The van der Waals surface area contributed by atoms with Gasteiger partial charge in [0.2, 0.25) is 0 Å². The third-order valence-electron chi connectivity index (χ3n) is 4.41. The minimum absolute atomic E-state index is 0.372. The molecule has 3 rings (SSSR count). The molecular weight excluding hydrogens is 552 g/mol. The molecule has 0 atom stereocenters. The number of methoxy groups -OCH3 is 1. The number of benzene rings is 3. The molecule has 0 aliphatic rings. The first kappa shape index (κ1) is 24.5. The Morgan fingerprint density at radius 3 is 2.42 bits per heavy atom. The molecule has 0 spiro atoms. The van der Waals surface area contributed by atoms with E-state index in [1.54, 1.807) is 30.5 Å². The van der Waals surface area contributed by atoms with E-state index in [4.69, 9.17) is 14.2 Å². The molecule has 6 nitrogen and oxygen atoms in total. The number of carbonyl (C=O) groups is 1. The molecule has 1 N–H and O–H groups in total. The summed E-state index contributed by atoms with van der Waals surface area (Å²) in [6.45, 7) is 4.43. The Hall–Kier alpha value is -3.10. The maximum Gasteiger partial charge on any atom is 0.271 e. The van der Waals surface area contributed by atoms with Gasteiger partial charge in [0.1, 0.15) is 19.0 Å². The number of nitrogens with one attached hydrogen (secondary N) is 1. The average molecular weight is 574 g/mol. The Bertz CT molecular complexity index is 1130. The van der Waals surface area contributed by atoms with Gasteiger partial charge in [-0.05, 0) is 73.3 Å². The van der Waals surface area contributed by atoms with Crippen LogP contribution in [0.2, 0.25) is 0 Å². The van der Waals surface area contributed by atoms with Crippen LogP contribution in [0.3, 0.4) is 0 Å². The SMILES string of the molecule is C=CCOc1c(Br)cc(/C=N/NC(=O)c2ccc(OCc3ccccc3)c(OC)c2)cc1Br. The molecule has 0 aliphatic carbocycles. The molecule has 33 heavy (non-hydrogen) atoms. The first-order chi connectivity index (χ1) is 16.0. The van der Waals surface area contributed by atoms with E-state index in [-0.39, 0.29) is 5.91 Å². The third kappa shape index (κ3) is 6.94. The standard InChI is InChI=1S/C25H22Br2N2O4/c1-3-11-32-24-20(26)12-18(13-21(24)27)15-28-29-25(30)19-9-10-22(23(14-19)31-2)33-16-17-7-5-4-6-8-17/h3-10,12-15H,1,11,16H2,2H3,(H,29,30)/b28-15+. The van der Waals surface area contributed by atoms with Crippen LogP contribution in [0, 0.1) is 0 Å². The fourth-order valence-corrected chi connectivity index (χ4v) is 4.28. The highest BCUT2D eigenvalue weighted by Crippen LogP contribution is 2.34. The normalized spacial score (nSPS) is 10.6. The molecule has 170 valence electrons. The van der Waals surface area contributed by atoms with Crippen LogP contribution in [0.5, 0.6) is 17.2 Å². The summed E-state index contributed by atoms with van der Waals surface area (Å²) in [5.74, 6) is 1.31. The summed E-state index contributed by atoms with van der Waals surface area (Å²) in [6, 6.07) is 18.5. The maximum atomic E-state index is 12.5. The van der Waals surface area contributed by atoms with Crippen molar-refractivity contribution in [3.63, 3.8) is 0 Å². The van der Waals surface area contributed by atoms with Crippen LogP contribution in [-0.4, -0.2) is 25.8 Å². The number of hydrogen-bond donors (Lipinski definition) is 1. The van der Waals surface area contributed by atoms with E-state index in [1.165, 1.54) is 7.11 Å². The molecule has 0 saturated heterocycles. The van der Waals surface area contributed by atoms with Gasteiger partial charge in [-0.2, -0.15) is 5.10 Å². The van der Waals surface area contributed by atoms with Crippen molar-refractivity contribution < 1.29 is 19.0 Å². The molecule has 0 heterocycles. The molecule has 0 aromatic heterocycles. The van der Waals surface area contributed by atoms with Gasteiger partial charge in [0.05, 0.1) is 22.3 Å². The van der Waals surface area contributed by atoms with Crippen LogP contribution >= 0.6 is 31.9 Å². The highest BCUT2D eigenvalue weighted by Gasteiger charge is 2.12. The second kappa shape index (κ2) is 12.2. The fraction of sp³-hybridized carbons (Fsp3) is 0.120. The van der Waals surface area contributed by atoms with Crippen molar-refractivity contribution >= 4 is 44.0 Å². The fourth-order valence-electron chi connectivity index (χ4n) is 2.83. The molecule has 1 amide bonds. The maximum absolute atomic E-state index is 12.5. The van der Waals surface area contributed by atoms with Crippen molar-refractivity contribution in [1.82, 2.24) is 5.43 Å². The zero-order valence-corrected chi connectivity index (χ0v) is 21.1. The summed E-state index contributed by atoms with van der Waals surface area (Å²) in [5.41, 5.74) is 4.72. The molecule has 8 heteroatoms. The van der Waals surface area contributed by atoms with Gasteiger partial charge in [-0.25, -0.2) is 5.43 Å². The third-order valence-corrected chi connectivity index (χ3v) is 5.59. The molecule has 0 bridgehead atoms. The average Bonchev–Trinajstić information content (AvgIpc) is 2.82. The number of hydrogen-bond acceptors (Lipinski definition) is 5. The number of halogens is 2. The molecule has 3 aromatic carbocycles. The lowest BCUT2D eigenvalue weighted by Gasteiger charge is -2.12. The van der Waals surface area contributed by atoms with Gasteiger partial charge in [0.25, 0.3) is 5.91 Å².